The summed E-state index contributed by atoms with van der Waals surface area (Å²) >= 11 is 0. The van der Waals surface area contributed by atoms with E-state index in [4.69, 9.17) is 9.47 Å². The second kappa shape index (κ2) is 4.96. The Hall–Kier alpha value is -1.79. The maximum atomic E-state index is 12.3. The molecule has 6 heteroatoms. The summed E-state index contributed by atoms with van der Waals surface area (Å²) in [5.41, 5.74) is 0.284. The molecule has 6 nitrogen and oxygen atoms in total. The minimum absolute atomic E-state index is 0.121. The molecular weight excluding hydrogens is 262 g/mol. The first kappa shape index (κ1) is 13.2. The first-order valence-electron chi connectivity index (χ1n) is 6.68. The van der Waals surface area contributed by atoms with Crippen LogP contribution in [-0.2, 0) is 9.47 Å². The second-order valence-electron chi connectivity index (χ2n) is 5.14. The van der Waals surface area contributed by atoms with Gasteiger partial charge in [-0.25, -0.2) is 0 Å². The Labute approximate surface area is 116 Å². The molecule has 0 radical (unpaired) electrons. The minimum Gasteiger partial charge on any atom is -0.508 e. The highest BCUT2D eigenvalue weighted by Gasteiger charge is 2.40. The number of amides is 1. The molecule has 2 heterocycles. The van der Waals surface area contributed by atoms with Gasteiger partial charge in [-0.3, -0.25) is 4.79 Å². The normalized spacial score (nSPS) is 21.3. The molecule has 2 saturated heterocycles. The van der Waals surface area contributed by atoms with E-state index in [1.807, 2.05) is 0 Å². The lowest BCUT2D eigenvalue weighted by Gasteiger charge is -2.37. The minimum atomic E-state index is -0.516. The van der Waals surface area contributed by atoms with Crippen LogP contribution in [0.4, 0.5) is 0 Å². The van der Waals surface area contributed by atoms with Crippen LogP contribution in [0.3, 0.4) is 0 Å². The number of phenols is 2. The number of hydrogen-bond donors (Lipinski definition) is 2. The Bertz CT molecular complexity index is 494. The maximum Gasteiger partial charge on any atom is 0.254 e. The van der Waals surface area contributed by atoms with Crippen molar-refractivity contribution < 1.29 is 24.5 Å². The van der Waals surface area contributed by atoms with E-state index in [2.05, 4.69) is 0 Å². The number of phenolic OH excluding ortho intramolecular Hbond substituents is 2. The molecule has 2 fully saturated rings. The van der Waals surface area contributed by atoms with Crippen LogP contribution in [-0.4, -0.2) is 53.1 Å². The predicted molar refractivity (Wildman–Crippen MR) is 69.5 cm³/mol. The van der Waals surface area contributed by atoms with Gasteiger partial charge in [-0.05, 0) is 12.1 Å². The third-order valence-corrected chi connectivity index (χ3v) is 3.78. The molecule has 108 valence electrons. The number of piperidine rings is 1. The Balaban J connectivity index is 1.69. The number of ether oxygens (including phenoxy) is 2. The van der Waals surface area contributed by atoms with Crippen molar-refractivity contribution in [1.29, 1.82) is 0 Å². The van der Waals surface area contributed by atoms with Crippen molar-refractivity contribution in [3.8, 4) is 11.5 Å². The molecule has 1 amide bonds. The Morgan fingerprint density at radius 2 is 1.60 bits per heavy atom. The molecule has 0 unspecified atom stereocenters. The van der Waals surface area contributed by atoms with Gasteiger partial charge < -0.3 is 24.6 Å². The molecule has 1 aromatic carbocycles. The van der Waals surface area contributed by atoms with Gasteiger partial charge in [-0.15, -0.1) is 0 Å². The summed E-state index contributed by atoms with van der Waals surface area (Å²) in [6.07, 6.45) is 1.28. The topological polar surface area (TPSA) is 79.2 Å². The molecule has 2 aliphatic heterocycles. The Morgan fingerprint density at radius 3 is 2.15 bits per heavy atom. The van der Waals surface area contributed by atoms with E-state index in [9.17, 15) is 15.0 Å². The van der Waals surface area contributed by atoms with E-state index in [1.165, 1.54) is 18.2 Å². The molecule has 1 aromatic rings. The van der Waals surface area contributed by atoms with Crippen LogP contribution in [0.15, 0.2) is 18.2 Å². The van der Waals surface area contributed by atoms with Gasteiger partial charge >= 0.3 is 0 Å². The average Bonchev–Trinajstić information content (AvgIpc) is 2.86. The van der Waals surface area contributed by atoms with E-state index in [1.54, 1.807) is 4.90 Å². The van der Waals surface area contributed by atoms with E-state index >= 15 is 0 Å². The average molecular weight is 279 g/mol. The molecular formula is C14H17NO5. The van der Waals surface area contributed by atoms with Crippen molar-refractivity contribution in [2.24, 2.45) is 0 Å². The lowest BCUT2D eigenvalue weighted by Crippen LogP contribution is -2.47. The fraction of sp³-hybridized carbons (Fsp3) is 0.500. The SMILES string of the molecule is O=C(c1cc(O)cc(O)c1)N1CCC2(CC1)OCCO2. The third kappa shape index (κ3) is 2.44. The summed E-state index contributed by atoms with van der Waals surface area (Å²) in [6.45, 7) is 2.28. The molecule has 0 aromatic heterocycles. The fourth-order valence-corrected chi connectivity index (χ4v) is 2.74. The van der Waals surface area contributed by atoms with Crippen LogP contribution in [0.2, 0.25) is 0 Å². The van der Waals surface area contributed by atoms with Gasteiger partial charge in [0.05, 0.1) is 13.2 Å². The predicted octanol–water partition coefficient (Wildman–Crippen LogP) is 1.08. The van der Waals surface area contributed by atoms with E-state index in [-0.39, 0.29) is 23.0 Å². The number of nitrogens with zero attached hydrogens (tertiary/aromatic N) is 1. The highest BCUT2D eigenvalue weighted by Crippen LogP contribution is 2.32. The number of carbonyl (C=O) groups excluding carboxylic acids is 1. The smallest absolute Gasteiger partial charge is 0.254 e. The molecule has 2 aliphatic rings. The van der Waals surface area contributed by atoms with E-state index in [0.717, 1.165) is 0 Å². The van der Waals surface area contributed by atoms with Crippen LogP contribution < -0.4 is 0 Å². The summed E-state index contributed by atoms with van der Waals surface area (Å²) in [6, 6.07) is 3.91. The van der Waals surface area contributed by atoms with Crippen LogP contribution in [0.1, 0.15) is 23.2 Å². The standard InChI is InChI=1S/C14H17NO5/c16-11-7-10(8-12(17)9-11)13(18)15-3-1-14(2-4-15)19-5-6-20-14/h7-9,16-17H,1-6H2. The largest absolute Gasteiger partial charge is 0.508 e. The van der Waals surface area contributed by atoms with Crippen molar-refractivity contribution in [2.45, 2.75) is 18.6 Å². The summed E-state index contributed by atoms with van der Waals surface area (Å²) in [4.78, 5) is 14.0. The van der Waals surface area contributed by atoms with Crippen molar-refractivity contribution >= 4 is 5.91 Å². The first-order valence-corrected chi connectivity index (χ1v) is 6.68. The van der Waals surface area contributed by atoms with Crippen LogP contribution in [0.25, 0.3) is 0 Å². The van der Waals surface area contributed by atoms with Gasteiger partial charge in [0.25, 0.3) is 5.91 Å². The van der Waals surface area contributed by atoms with Crippen molar-refractivity contribution in [1.82, 2.24) is 4.90 Å². The molecule has 3 rings (SSSR count). The van der Waals surface area contributed by atoms with Crippen molar-refractivity contribution in [2.75, 3.05) is 26.3 Å². The number of rotatable bonds is 1. The quantitative estimate of drug-likeness (QED) is 0.804. The molecule has 2 N–H and O–H groups in total. The molecule has 0 bridgehead atoms. The monoisotopic (exact) mass is 279 g/mol. The Kier molecular flexibility index (Phi) is 3.27. The highest BCUT2D eigenvalue weighted by molar-refractivity contribution is 5.95. The number of aromatic hydroxyl groups is 2. The zero-order chi connectivity index (χ0) is 14.2. The number of benzene rings is 1. The molecule has 20 heavy (non-hydrogen) atoms. The second-order valence-corrected chi connectivity index (χ2v) is 5.14. The lowest BCUT2D eigenvalue weighted by atomic mass is 10.0. The van der Waals surface area contributed by atoms with Gasteiger partial charge in [-0.2, -0.15) is 0 Å². The van der Waals surface area contributed by atoms with Crippen LogP contribution in [0.5, 0.6) is 11.5 Å². The van der Waals surface area contributed by atoms with Crippen LogP contribution in [0, 0.1) is 0 Å². The summed E-state index contributed by atoms with van der Waals surface area (Å²) in [7, 11) is 0. The van der Waals surface area contributed by atoms with Gasteiger partial charge in [-0.1, -0.05) is 0 Å². The zero-order valence-corrected chi connectivity index (χ0v) is 11.0. The van der Waals surface area contributed by atoms with Gasteiger partial charge in [0.15, 0.2) is 5.79 Å². The highest BCUT2D eigenvalue weighted by atomic mass is 16.7. The van der Waals surface area contributed by atoms with Gasteiger partial charge in [0.2, 0.25) is 0 Å². The van der Waals surface area contributed by atoms with E-state index < -0.39 is 5.79 Å². The van der Waals surface area contributed by atoms with Crippen molar-refractivity contribution in [3.05, 3.63) is 23.8 Å². The molecule has 0 aliphatic carbocycles. The molecule has 1 spiro atoms. The molecule has 0 saturated carbocycles. The van der Waals surface area contributed by atoms with E-state index in [0.29, 0.717) is 39.1 Å². The summed E-state index contributed by atoms with van der Waals surface area (Å²) < 4.78 is 11.2. The first-order chi connectivity index (χ1) is 9.58. The molecule has 0 atom stereocenters. The number of carbonyl (C=O) groups is 1. The van der Waals surface area contributed by atoms with Gasteiger partial charge in [0, 0.05) is 37.6 Å². The van der Waals surface area contributed by atoms with Crippen molar-refractivity contribution in [3.63, 3.8) is 0 Å². The fourth-order valence-electron chi connectivity index (χ4n) is 2.74. The maximum absolute atomic E-state index is 12.3. The summed E-state index contributed by atoms with van der Waals surface area (Å²) in [5, 5.41) is 18.9. The zero-order valence-electron chi connectivity index (χ0n) is 11.0. The summed E-state index contributed by atoms with van der Waals surface area (Å²) in [5.74, 6) is -0.963. The third-order valence-electron chi connectivity index (χ3n) is 3.78. The number of hydrogen-bond acceptors (Lipinski definition) is 5. The number of likely N-dealkylation sites (tertiary alicyclic amines) is 1. The lowest BCUT2D eigenvalue weighted by molar-refractivity contribution is -0.181. The van der Waals surface area contributed by atoms with Gasteiger partial charge in [0.1, 0.15) is 11.5 Å². The Morgan fingerprint density at radius 1 is 1.05 bits per heavy atom. The van der Waals surface area contributed by atoms with Crippen LogP contribution >= 0.6 is 0 Å².